The molecule has 2 unspecified atom stereocenters. The largest absolute Gasteiger partial charge is 0.493 e. The molecule has 0 saturated carbocycles. The van der Waals surface area contributed by atoms with Crippen molar-refractivity contribution in [2.75, 3.05) is 24.4 Å². The number of anilines is 2. The lowest BCUT2D eigenvalue weighted by Gasteiger charge is -2.35. The van der Waals surface area contributed by atoms with Gasteiger partial charge in [0.1, 0.15) is 0 Å². The molecule has 0 spiro atoms. The van der Waals surface area contributed by atoms with Crippen LogP contribution in [0, 0.1) is 0 Å². The van der Waals surface area contributed by atoms with Gasteiger partial charge in [0.05, 0.1) is 31.6 Å². The van der Waals surface area contributed by atoms with Crippen LogP contribution in [0.4, 0.5) is 24.5 Å². The van der Waals surface area contributed by atoms with Crippen molar-refractivity contribution in [3.63, 3.8) is 0 Å². The molecular formula is C29H24ClF3N2O4. The number of hydrogen-bond acceptors (Lipinski definition) is 5. The fraction of sp³-hybridized carbons (Fsp3) is 0.241. The number of alkyl halides is 3. The standard InChI is InChI=1S/C29H24ClF3N2O4/c1-38-24-12-9-17(15-25(24)39-2)18-13-21-26(23(36)14-18)27(16-7-10-19(30)11-8-16)35(28(37)29(31,32)33)22-6-4-3-5-20(22)34-21/h3-12,15,18,27,34H,13-14H2,1-2H3. The number of Topliss-reactive ketones (excluding diaryl/α,β-unsaturated/α-hetero) is 1. The zero-order chi connectivity index (χ0) is 27.9. The van der Waals surface area contributed by atoms with Gasteiger partial charge in [-0.1, -0.05) is 41.9 Å². The van der Waals surface area contributed by atoms with E-state index in [0.717, 1.165) is 5.56 Å². The molecule has 1 heterocycles. The van der Waals surface area contributed by atoms with Gasteiger partial charge in [-0.25, -0.2) is 0 Å². The van der Waals surface area contributed by atoms with Gasteiger partial charge in [0, 0.05) is 22.7 Å². The molecule has 39 heavy (non-hydrogen) atoms. The minimum atomic E-state index is -5.18. The van der Waals surface area contributed by atoms with Crippen LogP contribution in [0.3, 0.4) is 0 Å². The van der Waals surface area contributed by atoms with Crippen LogP contribution in [0.5, 0.6) is 11.5 Å². The number of allylic oxidation sites excluding steroid dienone is 1. The molecule has 1 aliphatic heterocycles. The van der Waals surface area contributed by atoms with Gasteiger partial charge >= 0.3 is 12.1 Å². The van der Waals surface area contributed by atoms with Crippen LogP contribution in [0.2, 0.25) is 5.02 Å². The maximum absolute atomic E-state index is 14.0. The Kier molecular flexibility index (Phi) is 7.03. The lowest BCUT2D eigenvalue weighted by Crippen LogP contribution is -2.45. The van der Waals surface area contributed by atoms with Crippen LogP contribution in [0.1, 0.15) is 35.9 Å². The molecule has 3 aromatic carbocycles. The first kappa shape index (κ1) is 26.6. The molecule has 5 rings (SSSR count). The number of nitrogens with zero attached hydrogens (tertiary/aromatic N) is 1. The second-order valence-corrected chi connectivity index (χ2v) is 9.74. The maximum atomic E-state index is 14.0. The number of carbonyl (C=O) groups excluding carboxylic acids is 2. The summed E-state index contributed by atoms with van der Waals surface area (Å²) in [6.07, 6.45) is -4.82. The summed E-state index contributed by atoms with van der Waals surface area (Å²) in [5, 5.41) is 3.58. The van der Waals surface area contributed by atoms with Crippen LogP contribution in [0.15, 0.2) is 78.0 Å². The van der Waals surface area contributed by atoms with Crippen LogP contribution < -0.4 is 19.7 Å². The highest BCUT2D eigenvalue weighted by Gasteiger charge is 2.50. The highest BCUT2D eigenvalue weighted by atomic mass is 35.5. The molecule has 6 nitrogen and oxygen atoms in total. The van der Waals surface area contributed by atoms with E-state index in [4.69, 9.17) is 21.1 Å². The van der Waals surface area contributed by atoms with E-state index in [2.05, 4.69) is 5.32 Å². The number of hydrogen-bond donors (Lipinski definition) is 1. The average Bonchev–Trinajstić information content (AvgIpc) is 3.06. The highest BCUT2D eigenvalue weighted by Crippen LogP contribution is 2.49. The van der Waals surface area contributed by atoms with E-state index in [1.807, 2.05) is 6.07 Å². The Bertz CT molecular complexity index is 1470. The molecule has 10 heteroatoms. The van der Waals surface area contributed by atoms with E-state index in [1.165, 1.54) is 44.6 Å². The van der Waals surface area contributed by atoms with Gasteiger partial charge in [-0.3, -0.25) is 14.5 Å². The van der Waals surface area contributed by atoms with E-state index in [0.29, 0.717) is 44.8 Å². The Morgan fingerprint density at radius 1 is 0.949 bits per heavy atom. The summed E-state index contributed by atoms with van der Waals surface area (Å²) in [5.41, 5.74) is 2.03. The first-order chi connectivity index (χ1) is 18.6. The summed E-state index contributed by atoms with van der Waals surface area (Å²) < 4.78 is 52.7. The molecule has 0 saturated heterocycles. The topological polar surface area (TPSA) is 67.9 Å². The van der Waals surface area contributed by atoms with Crippen molar-refractivity contribution in [1.29, 1.82) is 0 Å². The average molecular weight is 557 g/mol. The van der Waals surface area contributed by atoms with Gasteiger partial charge in [-0.15, -0.1) is 0 Å². The Labute approximate surface area is 228 Å². The molecule has 0 fully saturated rings. The predicted molar refractivity (Wildman–Crippen MR) is 141 cm³/mol. The Morgan fingerprint density at radius 2 is 1.62 bits per heavy atom. The molecule has 1 aliphatic carbocycles. The molecule has 202 valence electrons. The Balaban J connectivity index is 1.69. The van der Waals surface area contributed by atoms with E-state index in [1.54, 1.807) is 30.3 Å². The second kappa shape index (κ2) is 10.3. The number of fused-ring (bicyclic) bond motifs is 1. The number of carbonyl (C=O) groups is 2. The summed E-state index contributed by atoms with van der Waals surface area (Å²) in [7, 11) is 3.04. The molecule has 1 N–H and O–H groups in total. The van der Waals surface area contributed by atoms with Crippen molar-refractivity contribution in [1.82, 2.24) is 0 Å². The quantitative estimate of drug-likeness (QED) is 0.382. The lowest BCUT2D eigenvalue weighted by atomic mass is 9.78. The Hall–Kier alpha value is -3.98. The van der Waals surface area contributed by atoms with Gasteiger partial charge in [-0.05, 0) is 59.9 Å². The van der Waals surface area contributed by atoms with Crippen molar-refractivity contribution < 1.29 is 32.2 Å². The van der Waals surface area contributed by atoms with Crippen LogP contribution >= 0.6 is 11.6 Å². The fourth-order valence-corrected chi connectivity index (χ4v) is 5.38. The van der Waals surface area contributed by atoms with Crippen molar-refractivity contribution in [3.8, 4) is 11.5 Å². The fourth-order valence-electron chi connectivity index (χ4n) is 5.25. The minimum absolute atomic E-state index is 0.0182. The zero-order valence-corrected chi connectivity index (χ0v) is 21.8. The van der Waals surface area contributed by atoms with E-state index in [-0.39, 0.29) is 29.4 Å². The first-order valence-electron chi connectivity index (χ1n) is 12.1. The van der Waals surface area contributed by atoms with Crippen LogP contribution in [-0.2, 0) is 9.59 Å². The number of amides is 1. The van der Waals surface area contributed by atoms with Gasteiger partial charge in [-0.2, -0.15) is 13.2 Å². The molecule has 0 aromatic heterocycles. The normalized spacial score (nSPS) is 19.0. The molecule has 2 atom stereocenters. The molecule has 1 amide bonds. The first-order valence-corrected chi connectivity index (χ1v) is 12.5. The number of methoxy groups -OCH3 is 2. The number of benzene rings is 3. The highest BCUT2D eigenvalue weighted by molar-refractivity contribution is 6.30. The van der Waals surface area contributed by atoms with Crippen molar-refractivity contribution >= 4 is 34.7 Å². The van der Waals surface area contributed by atoms with Gasteiger partial charge in [0.15, 0.2) is 17.3 Å². The molecule has 3 aromatic rings. The maximum Gasteiger partial charge on any atom is 0.471 e. The number of para-hydroxylation sites is 2. The molecular weight excluding hydrogens is 533 g/mol. The zero-order valence-electron chi connectivity index (χ0n) is 21.0. The molecule has 0 bridgehead atoms. The number of halogens is 4. The second-order valence-electron chi connectivity index (χ2n) is 9.30. The van der Waals surface area contributed by atoms with Crippen molar-refractivity contribution in [2.24, 2.45) is 0 Å². The van der Waals surface area contributed by atoms with Gasteiger partial charge < -0.3 is 14.8 Å². The number of ketones is 1. The number of rotatable bonds is 4. The van der Waals surface area contributed by atoms with Crippen LogP contribution in [0.25, 0.3) is 0 Å². The summed E-state index contributed by atoms with van der Waals surface area (Å²) >= 11 is 6.06. The summed E-state index contributed by atoms with van der Waals surface area (Å²) in [5.74, 6) is -1.68. The Morgan fingerprint density at radius 3 is 2.28 bits per heavy atom. The van der Waals surface area contributed by atoms with E-state index < -0.39 is 18.1 Å². The third-order valence-electron chi connectivity index (χ3n) is 7.01. The van der Waals surface area contributed by atoms with Crippen LogP contribution in [-0.4, -0.2) is 32.1 Å². The molecule has 0 radical (unpaired) electrons. The monoisotopic (exact) mass is 556 g/mol. The van der Waals surface area contributed by atoms with Crippen molar-refractivity contribution in [2.45, 2.75) is 31.0 Å². The summed E-state index contributed by atoms with van der Waals surface area (Å²) in [4.78, 5) is 27.5. The van der Waals surface area contributed by atoms with Gasteiger partial charge in [0.25, 0.3) is 0 Å². The third kappa shape index (κ3) is 4.94. The summed E-state index contributed by atoms with van der Waals surface area (Å²) in [6.45, 7) is 0. The lowest BCUT2D eigenvalue weighted by molar-refractivity contribution is -0.170. The number of ether oxygens (including phenoxy) is 2. The summed E-state index contributed by atoms with van der Waals surface area (Å²) in [6, 6.07) is 16.4. The number of nitrogens with one attached hydrogen (secondary N) is 1. The predicted octanol–water partition coefficient (Wildman–Crippen LogP) is 6.82. The minimum Gasteiger partial charge on any atom is -0.493 e. The van der Waals surface area contributed by atoms with E-state index >= 15 is 0 Å². The van der Waals surface area contributed by atoms with E-state index in [9.17, 15) is 22.8 Å². The smallest absolute Gasteiger partial charge is 0.471 e. The third-order valence-corrected chi connectivity index (χ3v) is 7.27. The van der Waals surface area contributed by atoms with Gasteiger partial charge in [0.2, 0.25) is 0 Å². The molecule has 2 aliphatic rings. The SMILES string of the molecule is COc1ccc(C2CC(=O)C3=C(C2)Nc2ccccc2N(C(=O)C(F)(F)F)C3c2ccc(Cl)cc2)cc1OC. The van der Waals surface area contributed by atoms with Crippen molar-refractivity contribution in [3.05, 3.63) is 94.1 Å².